The summed E-state index contributed by atoms with van der Waals surface area (Å²) in [5.41, 5.74) is 1.23. The van der Waals surface area contributed by atoms with Gasteiger partial charge >= 0.3 is 5.97 Å². The lowest BCUT2D eigenvalue weighted by molar-refractivity contribution is -0.139. The van der Waals surface area contributed by atoms with Crippen LogP contribution >= 0.6 is 0 Å². The number of methoxy groups -OCH3 is 1. The Morgan fingerprint density at radius 1 is 1.26 bits per heavy atom. The lowest BCUT2D eigenvalue weighted by atomic mass is 9.75. The van der Waals surface area contributed by atoms with Crippen LogP contribution in [0.25, 0.3) is 0 Å². The average Bonchev–Trinajstić information content (AvgIpc) is 2.96. The third-order valence-corrected chi connectivity index (χ3v) is 5.97. The molecule has 1 aromatic rings. The minimum absolute atomic E-state index is 0.150. The van der Waals surface area contributed by atoms with Crippen molar-refractivity contribution in [2.24, 2.45) is 5.92 Å². The summed E-state index contributed by atoms with van der Waals surface area (Å²) in [6.45, 7) is 3.27. The van der Waals surface area contributed by atoms with Crippen molar-refractivity contribution in [1.82, 2.24) is 9.80 Å². The van der Waals surface area contributed by atoms with Crippen molar-refractivity contribution in [3.8, 4) is 5.75 Å². The Labute approximate surface area is 136 Å². The smallest absolute Gasteiger partial charge is 0.317 e. The molecular formula is C18H24N2O3. The zero-order valence-corrected chi connectivity index (χ0v) is 13.5. The van der Waals surface area contributed by atoms with Crippen LogP contribution in [0, 0.1) is 5.92 Å². The van der Waals surface area contributed by atoms with E-state index < -0.39 is 5.97 Å². The summed E-state index contributed by atoms with van der Waals surface area (Å²) in [6.07, 6.45) is 2.41. The van der Waals surface area contributed by atoms with Crippen LogP contribution in [0.1, 0.15) is 24.3 Å². The second kappa shape index (κ2) is 5.80. The van der Waals surface area contributed by atoms with Gasteiger partial charge < -0.3 is 9.84 Å². The maximum atomic E-state index is 11.3. The van der Waals surface area contributed by atoms with Crippen molar-refractivity contribution in [2.45, 2.75) is 30.8 Å². The fourth-order valence-electron chi connectivity index (χ4n) is 5.14. The van der Waals surface area contributed by atoms with Crippen molar-refractivity contribution in [3.63, 3.8) is 0 Å². The van der Waals surface area contributed by atoms with Gasteiger partial charge in [-0.05, 0) is 37.9 Å². The summed E-state index contributed by atoms with van der Waals surface area (Å²) in [4.78, 5) is 16.1. The lowest BCUT2D eigenvalue weighted by Crippen LogP contribution is -2.60. The van der Waals surface area contributed by atoms with Gasteiger partial charge in [-0.2, -0.15) is 0 Å². The number of ether oxygens (including phenoxy) is 1. The molecule has 2 bridgehead atoms. The summed E-state index contributed by atoms with van der Waals surface area (Å²) in [7, 11) is 1.72. The van der Waals surface area contributed by atoms with Gasteiger partial charge in [-0.25, -0.2) is 0 Å². The summed E-state index contributed by atoms with van der Waals surface area (Å²) in [5, 5.41) is 9.31. The Hall–Kier alpha value is -1.59. The van der Waals surface area contributed by atoms with E-state index in [0.717, 1.165) is 25.4 Å². The molecule has 0 aromatic heterocycles. The number of para-hydroxylation sites is 1. The van der Waals surface area contributed by atoms with E-state index in [1.54, 1.807) is 7.11 Å². The van der Waals surface area contributed by atoms with Crippen LogP contribution in [0.5, 0.6) is 5.75 Å². The van der Waals surface area contributed by atoms with E-state index in [2.05, 4.69) is 21.9 Å². The Balaban J connectivity index is 1.71. The maximum absolute atomic E-state index is 11.3. The first-order valence-electron chi connectivity index (χ1n) is 8.52. The molecule has 0 unspecified atom stereocenters. The van der Waals surface area contributed by atoms with Gasteiger partial charge in [0.25, 0.3) is 0 Å². The molecule has 4 heterocycles. The highest BCUT2D eigenvalue weighted by molar-refractivity contribution is 5.69. The first-order valence-corrected chi connectivity index (χ1v) is 8.52. The predicted molar refractivity (Wildman–Crippen MR) is 86.8 cm³/mol. The lowest BCUT2D eigenvalue weighted by Gasteiger charge is -2.51. The van der Waals surface area contributed by atoms with Gasteiger partial charge in [0, 0.05) is 30.1 Å². The number of fused-ring (bicyclic) bond motifs is 2. The van der Waals surface area contributed by atoms with Gasteiger partial charge in [0.05, 0.1) is 13.7 Å². The number of carboxylic acids is 1. The topological polar surface area (TPSA) is 53.0 Å². The first kappa shape index (κ1) is 15.0. The number of hydrogen-bond acceptors (Lipinski definition) is 4. The van der Waals surface area contributed by atoms with Crippen molar-refractivity contribution in [3.05, 3.63) is 29.8 Å². The summed E-state index contributed by atoms with van der Waals surface area (Å²) in [6, 6.07) is 9.02. The molecule has 4 aliphatic rings. The van der Waals surface area contributed by atoms with Gasteiger partial charge in [0.2, 0.25) is 0 Å². The molecule has 0 aliphatic carbocycles. The van der Waals surface area contributed by atoms with Crippen LogP contribution in [0.3, 0.4) is 0 Å². The molecule has 5 heteroatoms. The molecule has 4 aliphatic heterocycles. The van der Waals surface area contributed by atoms with Gasteiger partial charge in [-0.1, -0.05) is 18.2 Å². The van der Waals surface area contributed by atoms with Crippen LogP contribution in [0.15, 0.2) is 24.3 Å². The van der Waals surface area contributed by atoms with E-state index >= 15 is 0 Å². The third-order valence-electron chi connectivity index (χ3n) is 5.97. The Kier molecular flexibility index (Phi) is 3.77. The van der Waals surface area contributed by atoms with Crippen molar-refractivity contribution < 1.29 is 14.6 Å². The molecule has 3 atom stereocenters. The van der Waals surface area contributed by atoms with Crippen LogP contribution in [0.4, 0.5) is 0 Å². The second-order valence-corrected chi connectivity index (χ2v) is 7.03. The van der Waals surface area contributed by atoms with Gasteiger partial charge in [0.15, 0.2) is 0 Å². The number of nitrogens with zero attached hydrogens (tertiary/aromatic N) is 2. The number of piperidine rings is 3. The van der Waals surface area contributed by atoms with Gasteiger partial charge in [-0.15, -0.1) is 0 Å². The molecule has 0 amide bonds. The average molecular weight is 316 g/mol. The fraction of sp³-hybridized carbons (Fsp3) is 0.611. The van der Waals surface area contributed by atoms with Crippen LogP contribution in [-0.2, 0) is 4.79 Å². The Morgan fingerprint density at radius 3 is 2.70 bits per heavy atom. The molecule has 0 saturated carbocycles. The number of carbonyl (C=O) groups is 1. The SMILES string of the molecule is COc1ccccc1[C@@H]1CN(CC(=O)O)[C@@H]2C3CCN(CC3)[C@@H]21. The van der Waals surface area contributed by atoms with Crippen LogP contribution in [-0.4, -0.2) is 66.2 Å². The molecule has 23 heavy (non-hydrogen) atoms. The number of aliphatic carboxylic acids is 1. The highest BCUT2D eigenvalue weighted by atomic mass is 16.5. The molecule has 4 fully saturated rings. The molecule has 5 rings (SSSR count). The molecule has 5 nitrogen and oxygen atoms in total. The van der Waals surface area contributed by atoms with E-state index in [1.807, 2.05) is 12.1 Å². The van der Waals surface area contributed by atoms with Crippen molar-refractivity contribution in [2.75, 3.05) is 33.3 Å². The van der Waals surface area contributed by atoms with Crippen molar-refractivity contribution >= 4 is 5.97 Å². The number of likely N-dealkylation sites (tertiary alicyclic amines) is 1. The predicted octanol–water partition coefficient (Wildman–Crippen LogP) is 1.64. The summed E-state index contributed by atoms with van der Waals surface area (Å²) >= 11 is 0. The molecule has 0 radical (unpaired) electrons. The molecular weight excluding hydrogens is 292 g/mol. The maximum Gasteiger partial charge on any atom is 0.317 e. The Bertz CT molecular complexity index is 598. The van der Waals surface area contributed by atoms with E-state index in [0.29, 0.717) is 23.9 Å². The molecule has 124 valence electrons. The zero-order chi connectivity index (χ0) is 16.0. The molecule has 0 spiro atoms. The van der Waals surface area contributed by atoms with E-state index in [9.17, 15) is 9.90 Å². The van der Waals surface area contributed by atoms with E-state index in [4.69, 9.17) is 4.74 Å². The number of benzene rings is 1. The summed E-state index contributed by atoms with van der Waals surface area (Å²) < 4.78 is 5.58. The largest absolute Gasteiger partial charge is 0.496 e. The quantitative estimate of drug-likeness (QED) is 0.915. The molecule has 4 saturated heterocycles. The minimum Gasteiger partial charge on any atom is -0.496 e. The first-order chi connectivity index (χ1) is 11.2. The Morgan fingerprint density at radius 2 is 2.00 bits per heavy atom. The van der Waals surface area contributed by atoms with Gasteiger partial charge in [-0.3, -0.25) is 14.6 Å². The zero-order valence-electron chi connectivity index (χ0n) is 13.5. The normalized spacial score (nSPS) is 36.0. The van der Waals surface area contributed by atoms with Crippen molar-refractivity contribution in [1.29, 1.82) is 0 Å². The number of hydrogen-bond donors (Lipinski definition) is 1. The highest BCUT2D eigenvalue weighted by Crippen LogP contribution is 2.47. The summed E-state index contributed by atoms with van der Waals surface area (Å²) in [5.74, 6) is 1.18. The minimum atomic E-state index is -0.721. The second-order valence-electron chi connectivity index (χ2n) is 7.03. The third kappa shape index (κ3) is 2.42. The van der Waals surface area contributed by atoms with E-state index in [-0.39, 0.29) is 6.54 Å². The van der Waals surface area contributed by atoms with Crippen LogP contribution < -0.4 is 4.74 Å². The highest BCUT2D eigenvalue weighted by Gasteiger charge is 2.53. The number of carboxylic acid groups (broad SMARTS) is 1. The molecule has 1 N–H and O–H groups in total. The van der Waals surface area contributed by atoms with Crippen LogP contribution in [0.2, 0.25) is 0 Å². The monoisotopic (exact) mass is 316 g/mol. The van der Waals surface area contributed by atoms with E-state index in [1.165, 1.54) is 18.4 Å². The van der Waals surface area contributed by atoms with Gasteiger partial charge in [0.1, 0.15) is 5.75 Å². The number of rotatable bonds is 4. The standard InChI is InChI=1S/C18H24N2O3/c1-23-15-5-3-2-4-13(15)14-10-20(11-16(21)22)17-12-6-8-19(9-7-12)18(14)17/h2-5,12,14,17-18H,6-11H2,1H3,(H,21,22)/t14-,17+,18+/m0/s1. The molecule has 1 aromatic carbocycles. The fourth-order valence-corrected chi connectivity index (χ4v) is 5.14.